The van der Waals surface area contributed by atoms with Gasteiger partial charge in [-0.25, -0.2) is 4.79 Å². The molecule has 2 amide bonds. The van der Waals surface area contributed by atoms with Gasteiger partial charge in [-0.05, 0) is 39.8 Å². The van der Waals surface area contributed by atoms with Gasteiger partial charge in [0.25, 0.3) is 0 Å². The molecule has 104 valence electrons. The zero-order valence-electron chi connectivity index (χ0n) is 11.8. The van der Waals surface area contributed by atoms with Crippen molar-refractivity contribution in [3.05, 3.63) is 0 Å². The first-order valence-electron chi connectivity index (χ1n) is 7.38. The average molecular weight is 253 g/mol. The first-order valence-corrected chi connectivity index (χ1v) is 7.38. The van der Waals surface area contributed by atoms with E-state index < -0.39 is 0 Å². The highest BCUT2D eigenvalue weighted by molar-refractivity contribution is 5.74. The monoisotopic (exact) mass is 253 g/mol. The number of hydrogen-bond donors (Lipinski definition) is 1. The molecule has 1 aliphatic heterocycles. The molecule has 2 fully saturated rings. The second-order valence-electron chi connectivity index (χ2n) is 5.99. The van der Waals surface area contributed by atoms with Crippen LogP contribution in [0, 0.1) is 0 Å². The fourth-order valence-corrected chi connectivity index (χ4v) is 3.07. The number of carbonyl (C=O) groups is 1. The summed E-state index contributed by atoms with van der Waals surface area (Å²) in [6.07, 6.45) is 8.53. The predicted octanol–water partition coefficient (Wildman–Crippen LogP) is 2.05. The van der Waals surface area contributed by atoms with E-state index in [2.05, 4.69) is 24.3 Å². The number of nitrogens with zero attached hydrogens (tertiary/aromatic N) is 2. The SMILES string of the molecule is CN(C)C1CCCN(C(=O)NC2CCCCC2)C1. The molecule has 0 radical (unpaired) electrons. The Morgan fingerprint density at radius 1 is 1.11 bits per heavy atom. The summed E-state index contributed by atoms with van der Waals surface area (Å²) in [4.78, 5) is 16.5. The van der Waals surface area contributed by atoms with Crippen LogP contribution in [0.3, 0.4) is 0 Å². The number of piperidine rings is 1. The van der Waals surface area contributed by atoms with Gasteiger partial charge in [-0.1, -0.05) is 19.3 Å². The largest absolute Gasteiger partial charge is 0.335 e. The second-order valence-corrected chi connectivity index (χ2v) is 5.99. The number of carbonyl (C=O) groups excluding carboxylic acids is 1. The second kappa shape index (κ2) is 6.41. The standard InChI is InChI=1S/C14H27N3O/c1-16(2)13-9-6-10-17(11-13)14(18)15-12-7-4-3-5-8-12/h12-13H,3-11H2,1-2H3,(H,15,18). The third-order valence-corrected chi connectivity index (χ3v) is 4.35. The molecule has 0 aromatic rings. The van der Waals surface area contributed by atoms with Crippen LogP contribution in [0.5, 0.6) is 0 Å². The molecule has 1 heterocycles. The maximum atomic E-state index is 12.2. The maximum Gasteiger partial charge on any atom is 0.317 e. The smallest absolute Gasteiger partial charge is 0.317 e. The molecule has 18 heavy (non-hydrogen) atoms. The summed E-state index contributed by atoms with van der Waals surface area (Å²) in [6.45, 7) is 1.80. The van der Waals surface area contributed by atoms with Crippen LogP contribution in [-0.2, 0) is 0 Å². The summed E-state index contributed by atoms with van der Waals surface area (Å²) < 4.78 is 0. The van der Waals surface area contributed by atoms with E-state index in [1.807, 2.05) is 4.90 Å². The summed E-state index contributed by atoms with van der Waals surface area (Å²) in [5, 5.41) is 3.22. The Morgan fingerprint density at radius 3 is 2.50 bits per heavy atom. The predicted molar refractivity (Wildman–Crippen MR) is 73.7 cm³/mol. The molecule has 1 aliphatic carbocycles. The third kappa shape index (κ3) is 3.61. The molecule has 2 aliphatic rings. The number of urea groups is 1. The highest BCUT2D eigenvalue weighted by atomic mass is 16.2. The molecule has 0 aromatic heterocycles. The van der Waals surface area contributed by atoms with Gasteiger partial charge in [0, 0.05) is 25.2 Å². The van der Waals surface area contributed by atoms with Crippen LogP contribution in [0.4, 0.5) is 4.79 Å². The number of rotatable bonds is 2. The van der Waals surface area contributed by atoms with Crippen molar-refractivity contribution >= 4 is 6.03 Å². The minimum absolute atomic E-state index is 0.161. The Labute approximate surface area is 111 Å². The number of hydrogen-bond acceptors (Lipinski definition) is 2. The quantitative estimate of drug-likeness (QED) is 0.817. The molecule has 1 atom stereocenters. The molecule has 2 rings (SSSR count). The van der Waals surface area contributed by atoms with Crippen molar-refractivity contribution in [3.63, 3.8) is 0 Å². The van der Waals surface area contributed by atoms with E-state index in [4.69, 9.17) is 0 Å². The van der Waals surface area contributed by atoms with Crippen LogP contribution < -0.4 is 5.32 Å². The van der Waals surface area contributed by atoms with Gasteiger partial charge in [0.15, 0.2) is 0 Å². The van der Waals surface area contributed by atoms with Crippen molar-refractivity contribution in [2.45, 2.75) is 57.0 Å². The van der Waals surface area contributed by atoms with E-state index in [9.17, 15) is 4.79 Å². The summed E-state index contributed by atoms with van der Waals surface area (Å²) >= 11 is 0. The first-order chi connectivity index (χ1) is 8.66. The van der Waals surface area contributed by atoms with Gasteiger partial charge in [0.2, 0.25) is 0 Å². The summed E-state index contributed by atoms with van der Waals surface area (Å²) in [7, 11) is 4.21. The summed E-state index contributed by atoms with van der Waals surface area (Å²) in [6, 6.07) is 1.11. The average Bonchev–Trinajstić information content (AvgIpc) is 2.40. The van der Waals surface area contributed by atoms with E-state index in [0.29, 0.717) is 12.1 Å². The molecular weight excluding hydrogens is 226 g/mol. The molecule has 1 saturated heterocycles. The lowest BCUT2D eigenvalue weighted by molar-refractivity contribution is 0.136. The summed E-state index contributed by atoms with van der Waals surface area (Å²) in [5.41, 5.74) is 0. The molecule has 1 N–H and O–H groups in total. The fraction of sp³-hybridized carbons (Fsp3) is 0.929. The van der Waals surface area contributed by atoms with Crippen molar-refractivity contribution in [2.75, 3.05) is 27.2 Å². The highest BCUT2D eigenvalue weighted by Crippen LogP contribution is 2.19. The van der Waals surface area contributed by atoms with Gasteiger partial charge in [0.1, 0.15) is 0 Å². The van der Waals surface area contributed by atoms with E-state index in [1.165, 1.54) is 25.7 Å². The molecule has 0 aromatic carbocycles. The molecule has 4 nitrogen and oxygen atoms in total. The maximum absolute atomic E-state index is 12.2. The Bertz CT molecular complexity index is 274. The molecule has 1 unspecified atom stereocenters. The van der Waals surface area contributed by atoms with Gasteiger partial charge in [0.05, 0.1) is 0 Å². The van der Waals surface area contributed by atoms with Crippen LogP contribution in [0.2, 0.25) is 0 Å². The zero-order valence-corrected chi connectivity index (χ0v) is 11.8. The van der Waals surface area contributed by atoms with Gasteiger partial charge < -0.3 is 15.1 Å². The van der Waals surface area contributed by atoms with E-state index in [-0.39, 0.29) is 6.03 Å². The zero-order chi connectivity index (χ0) is 13.0. The summed E-state index contributed by atoms with van der Waals surface area (Å²) in [5.74, 6) is 0. The van der Waals surface area contributed by atoms with Crippen LogP contribution in [0.25, 0.3) is 0 Å². The Morgan fingerprint density at radius 2 is 1.83 bits per heavy atom. The molecule has 1 saturated carbocycles. The Kier molecular flexibility index (Phi) is 4.87. The number of amides is 2. The molecule has 0 spiro atoms. The molecular formula is C14H27N3O. The minimum Gasteiger partial charge on any atom is -0.335 e. The van der Waals surface area contributed by atoms with E-state index in [1.54, 1.807) is 0 Å². The van der Waals surface area contributed by atoms with Crippen molar-refractivity contribution in [1.82, 2.24) is 15.1 Å². The lowest BCUT2D eigenvalue weighted by Gasteiger charge is -2.37. The molecule has 0 bridgehead atoms. The van der Waals surface area contributed by atoms with Crippen LogP contribution in [0.15, 0.2) is 0 Å². The van der Waals surface area contributed by atoms with E-state index in [0.717, 1.165) is 32.4 Å². The first kappa shape index (κ1) is 13.7. The van der Waals surface area contributed by atoms with Crippen LogP contribution >= 0.6 is 0 Å². The lowest BCUT2D eigenvalue weighted by Crippen LogP contribution is -2.52. The van der Waals surface area contributed by atoms with Crippen molar-refractivity contribution in [3.8, 4) is 0 Å². The Balaban J connectivity index is 1.80. The lowest BCUT2D eigenvalue weighted by atomic mass is 9.95. The van der Waals surface area contributed by atoms with Gasteiger partial charge in [-0.2, -0.15) is 0 Å². The van der Waals surface area contributed by atoms with Gasteiger partial charge in [-0.15, -0.1) is 0 Å². The molecule has 4 heteroatoms. The van der Waals surface area contributed by atoms with Crippen LogP contribution in [0.1, 0.15) is 44.9 Å². The third-order valence-electron chi connectivity index (χ3n) is 4.35. The van der Waals surface area contributed by atoms with Crippen molar-refractivity contribution in [2.24, 2.45) is 0 Å². The fourth-order valence-electron chi connectivity index (χ4n) is 3.07. The van der Waals surface area contributed by atoms with Crippen LogP contribution in [-0.4, -0.2) is 55.1 Å². The number of nitrogens with one attached hydrogen (secondary N) is 1. The van der Waals surface area contributed by atoms with Gasteiger partial charge >= 0.3 is 6.03 Å². The van der Waals surface area contributed by atoms with Crippen molar-refractivity contribution < 1.29 is 4.79 Å². The van der Waals surface area contributed by atoms with Gasteiger partial charge in [-0.3, -0.25) is 0 Å². The highest BCUT2D eigenvalue weighted by Gasteiger charge is 2.26. The van der Waals surface area contributed by atoms with Crippen molar-refractivity contribution in [1.29, 1.82) is 0 Å². The Hall–Kier alpha value is -0.770. The minimum atomic E-state index is 0.161. The topological polar surface area (TPSA) is 35.6 Å². The number of likely N-dealkylation sites (tertiary alicyclic amines) is 1. The normalized spacial score (nSPS) is 26.4. The number of likely N-dealkylation sites (N-methyl/N-ethyl adjacent to an activating group) is 1. The van der Waals surface area contributed by atoms with E-state index >= 15 is 0 Å².